The van der Waals surface area contributed by atoms with Gasteiger partial charge in [-0.2, -0.15) is 10.2 Å². The highest BCUT2D eigenvalue weighted by Gasteiger charge is 2.18. The van der Waals surface area contributed by atoms with Crippen LogP contribution in [0.5, 0.6) is 0 Å². The molecule has 0 N–H and O–H groups in total. The van der Waals surface area contributed by atoms with Crippen molar-refractivity contribution in [2.24, 2.45) is 7.05 Å². The maximum Gasteiger partial charge on any atom is 0.162 e. The molecule has 0 radical (unpaired) electrons. The molecule has 0 saturated carbocycles. The highest BCUT2D eigenvalue weighted by Crippen LogP contribution is 2.25. The lowest BCUT2D eigenvalue weighted by atomic mass is 10.2. The number of hydrogen-bond acceptors (Lipinski definition) is 3. The van der Waals surface area contributed by atoms with Gasteiger partial charge in [-0.3, -0.25) is 4.68 Å². The van der Waals surface area contributed by atoms with Gasteiger partial charge in [0.1, 0.15) is 5.82 Å². The molecule has 0 amide bonds. The van der Waals surface area contributed by atoms with Gasteiger partial charge in [-0.25, -0.2) is 9.67 Å². The van der Waals surface area contributed by atoms with Crippen molar-refractivity contribution in [3.05, 3.63) is 17.2 Å². The van der Waals surface area contributed by atoms with Gasteiger partial charge in [-0.1, -0.05) is 13.3 Å². The topological polar surface area (TPSA) is 48.5 Å². The van der Waals surface area contributed by atoms with E-state index in [4.69, 9.17) is 0 Å². The molecule has 0 aliphatic carbocycles. The molecule has 98 valence electrons. The normalized spacial score (nSPS) is 11.2. The van der Waals surface area contributed by atoms with Crippen LogP contribution in [-0.2, 0) is 13.6 Å². The van der Waals surface area contributed by atoms with Gasteiger partial charge in [0, 0.05) is 19.3 Å². The van der Waals surface area contributed by atoms with Crippen molar-refractivity contribution in [3.63, 3.8) is 0 Å². The predicted octanol–water partition coefficient (Wildman–Crippen LogP) is 2.40. The van der Waals surface area contributed by atoms with Gasteiger partial charge in [0.05, 0.1) is 11.3 Å². The lowest BCUT2D eigenvalue weighted by molar-refractivity contribution is 0.573. The Morgan fingerprint density at radius 3 is 2.39 bits per heavy atom. The van der Waals surface area contributed by atoms with E-state index >= 15 is 0 Å². The molecular formula is C13H21N5. The average molecular weight is 247 g/mol. The van der Waals surface area contributed by atoms with Gasteiger partial charge in [0.15, 0.2) is 5.82 Å². The van der Waals surface area contributed by atoms with Crippen molar-refractivity contribution in [1.82, 2.24) is 24.5 Å². The number of rotatable bonds is 4. The van der Waals surface area contributed by atoms with Gasteiger partial charge >= 0.3 is 0 Å². The molecule has 0 saturated heterocycles. The molecule has 5 heteroatoms. The highest BCUT2D eigenvalue weighted by atomic mass is 15.4. The standard InChI is InChI=1S/C13H21N5/c1-6-7-8-18-13(14-11(4)16-18)12-9(2)15-17(5)10(12)3/h6-8H2,1-5H3. The Morgan fingerprint density at radius 2 is 1.83 bits per heavy atom. The zero-order valence-electron chi connectivity index (χ0n) is 11.9. The lowest BCUT2D eigenvalue weighted by Gasteiger charge is -2.05. The third kappa shape index (κ3) is 2.17. The Bertz CT molecular complexity index is 550. The Labute approximate surface area is 108 Å². The first-order valence-corrected chi connectivity index (χ1v) is 6.46. The van der Waals surface area contributed by atoms with Gasteiger partial charge in [-0.05, 0) is 27.2 Å². The molecule has 2 rings (SSSR count). The molecule has 5 nitrogen and oxygen atoms in total. The van der Waals surface area contributed by atoms with E-state index in [2.05, 4.69) is 29.0 Å². The third-order valence-electron chi connectivity index (χ3n) is 3.23. The van der Waals surface area contributed by atoms with Gasteiger partial charge in [-0.15, -0.1) is 0 Å². The van der Waals surface area contributed by atoms with E-state index in [0.29, 0.717) is 0 Å². The smallest absolute Gasteiger partial charge is 0.162 e. The summed E-state index contributed by atoms with van der Waals surface area (Å²) in [6.45, 7) is 9.14. The highest BCUT2D eigenvalue weighted by molar-refractivity contribution is 5.61. The number of unbranched alkanes of at least 4 members (excludes halogenated alkanes) is 1. The van der Waals surface area contributed by atoms with Crippen LogP contribution in [0.1, 0.15) is 37.0 Å². The maximum absolute atomic E-state index is 4.57. The molecule has 0 spiro atoms. The molecule has 2 aromatic heterocycles. The summed E-state index contributed by atoms with van der Waals surface area (Å²) in [7, 11) is 1.96. The van der Waals surface area contributed by atoms with Crippen LogP contribution < -0.4 is 0 Å². The maximum atomic E-state index is 4.57. The van der Waals surface area contributed by atoms with Crippen molar-refractivity contribution in [1.29, 1.82) is 0 Å². The first kappa shape index (κ1) is 12.8. The van der Waals surface area contributed by atoms with Crippen LogP contribution in [0.2, 0.25) is 0 Å². The minimum Gasteiger partial charge on any atom is -0.272 e. The summed E-state index contributed by atoms with van der Waals surface area (Å²) in [6, 6.07) is 0. The molecule has 0 aliphatic rings. The summed E-state index contributed by atoms with van der Waals surface area (Å²) >= 11 is 0. The fourth-order valence-electron chi connectivity index (χ4n) is 2.20. The SMILES string of the molecule is CCCCn1nc(C)nc1-c1c(C)nn(C)c1C. The Kier molecular flexibility index (Phi) is 3.50. The van der Waals surface area contributed by atoms with Crippen LogP contribution in [0, 0.1) is 20.8 Å². The Balaban J connectivity index is 2.49. The summed E-state index contributed by atoms with van der Waals surface area (Å²) < 4.78 is 3.91. The second kappa shape index (κ2) is 4.92. The van der Waals surface area contributed by atoms with E-state index < -0.39 is 0 Å². The fraction of sp³-hybridized carbons (Fsp3) is 0.615. The van der Waals surface area contributed by atoms with Crippen LogP contribution in [0.25, 0.3) is 11.4 Å². The largest absolute Gasteiger partial charge is 0.272 e. The van der Waals surface area contributed by atoms with Crippen molar-refractivity contribution >= 4 is 0 Å². The second-order valence-corrected chi connectivity index (χ2v) is 4.73. The van der Waals surface area contributed by atoms with E-state index in [-0.39, 0.29) is 0 Å². The summed E-state index contributed by atoms with van der Waals surface area (Å²) in [5.74, 6) is 1.77. The van der Waals surface area contributed by atoms with Crippen molar-refractivity contribution in [2.45, 2.75) is 47.1 Å². The lowest BCUT2D eigenvalue weighted by Crippen LogP contribution is -2.04. The number of hydrogen-bond donors (Lipinski definition) is 0. The minimum atomic E-state index is 0.823. The predicted molar refractivity (Wildman–Crippen MR) is 71.3 cm³/mol. The summed E-state index contributed by atoms with van der Waals surface area (Å²) in [5.41, 5.74) is 3.27. The number of nitrogens with zero attached hydrogens (tertiary/aromatic N) is 5. The number of aromatic nitrogens is 5. The molecule has 2 aromatic rings. The Morgan fingerprint density at radius 1 is 1.11 bits per heavy atom. The summed E-state index contributed by atoms with van der Waals surface area (Å²) in [4.78, 5) is 4.57. The van der Waals surface area contributed by atoms with Gasteiger partial charge in [0.2, 0.25) is 0 Å². The quantitative estimate of drug-likeness (QED) is 0.833. The molecule has 0 bridgehead atoms. The first-order valence-electron chi connectivity index (χ1n) is 6.46. The van der Waals surface area contributed by atoms with E-state index in [1.54, 1.807) is 0 Å². The van der Waals surface area contributed by atoms with Gasteiger partial charge < -0.3 is 0 Å². The van der Waals surface area contributed by atoms with Crippen LogP contribution in [0.4, 0.5) is 0 Å². The zero-order valence-corrected chi connectivity index (χ0v) is 11.9. The fourth-order valence-corrected chi connectivity index (χ4v) is 2.20. The average Bonchev–Trinajstić information content (AvgIpc) is 2.78. The molecule has 18 heavy (non-hydrogen) atoms. The van der Waals surface area contributed by atoms with Crippen molar-refractivity contribution < 1.29 is 0 Å². The molecule has 0 atom stereocenters. The minimum absolute atomic E-state index is 0.823. The number of aryl methyl sites for hydroxylation is 4. The van der Waals surface area contributed by atoms with Crippen LogP contribution in [0.15, 0.2) is 0 Å². The van der Waals surface area contributed by atoms with Crippen LogP contribution >= 0.6 is 0 Å². The zero-order chi connectivity index (χ0) is 13.3. The summed E-state index contributed by atoms with van der Waals surface area (Å²) in [5, 5.41) is 8.94. The molecule has 0 fully saturated rings. The van der Waals surface area contributed by atoms with Crippen molar-refractivity contribution in [3.8, 4) is 11.4 Å². The second-order valence-electron chi connectivity index (χ2n) is 4.73. The van der Waals surface area contributed by atoms with Crippen molar-refractivity contribution in [2.75, 3.05) is 0 Å². The van der Waals surface area contributed by atoms with E-state index in [9.17, 15) is 0 Å². The van der Waals surface area contributed by atoms with E-state index in [1.165, 1.54) is 0 Å². The van der Waals surface area contributed by atoms with E-state index in [1.807, 2.05) is 30.3 Å². The van der Waals surface area contributed by atoms with Crippen LogP contribution in [0.3, 0.4) is 0 Å². The molecular weight excluding hydrogens is 226 g/mol. The van der Waals surface area contributed by atoms with E-state index in [0.717, 1.165) is 48.0 Å². The van der Waals surface area contributed by atoms with Crippen LogP contribution in [-0.4, -0.2) is 24.5 Å². The monoisotopic (exact) mass is 247 g/mol. The molecule has 0 aliphatic heterocycles. The molecule has 0 unspecified atom stereocenters. The molecule has 2 heterocycles. The third-order valence-corrected chi connectivity index (χ3v) is 3.23. The first-order chi connectivity index (χ1) is 8.54. The Hall–Kier alpha value is -1.65. The van der Waals surface area contributed by atoms with Gasteiger partial charge in [0.25, 0.3) is 0 Å². The summed E-state index contributed by atoms with van der Waals surface area (Å²) in [6.07, 6.45) is 2.28. The molecule has 0 aromatic carbocycles.